The average molecular weight is 370 g/mol. The summed E-state index contributed by atoms with van der Waals surface area (Å²) < 4.78 is 5.26. The molecule has 7 heteroatoms. The summed E-state index contributed by atoms with van der Waals surface area (Å²) in [7, 11) is 2.26. The van der Waals surface area contributed by atoms with Gasteiger partial charge in [0.25, 0.3) is 11.8 Å². The van der Waals surface area contributed by atoms with Gasteiger partial charge in [-0.3, -0.25) is 9.59 Å². The summed E-state index contributed by atoms with van der Waals surface area (Å²) in [5.41, 5.74) is 1.46. The molecule has 0 radical (unpaired) electrons. The summed E-state index contributed by atoms with van der Waals surface area (Å²) in [6.45, 7) is 2.80. The number of piperidine rings is 1. The molecule has 1 unspecified atom stereocenters. The Kier molecular flexibility index (Phi) is 3.89. The number of ether oxygens (including phenoxy) is 1. The van der Waals surface area contributed by atoms with E-state index in [9.17, 15) is 9.59 Å². The van der Waals surface area contributed by atoms with Gasteiger partial charge in [0, 0.05) is 31.9 Å². The number of hydrogen-bond donors (Lipinski definition) is 1. The minimum Gasteiger partial charge on any atom is -0.466 e. The Morgan fingerprint density at radius 1 is 1.41 bits per heavy atom. The van der Waals surface area contributed by atoms with Gasteiger partial charge in [-0.15, -0.1) is 0 Å². The van der Waals surface area contributed by atoms with Crippen molar-refractivity contribution in [3.05, 3.63) is 17.8 Å². The van der Waals surface area contributed by atoms with Gasteiger partial charge in [-0.1, -0.05) is 0 Å². The first-order chi connectivity index (χ1) is 13.0. The number of pyridine rings is 1. The lowest BCUT2D eigenvalue weighted by atomic mass is 9.90. The Hall–Kier alpha value is -2.15. The highest BCUT2D eigenvalue weighted by Crippen LogP contribution is 2.59. The zero-order valence-corrected chi connectivity index (χ0v) is 15.7. The van der Waals surface area contributed by atoms with Crippen molar-refractivity contribution in [3.63, 3.8) is 0 Å². The van der Waals surface area contributed by atoms with Crippen molar-refractivity contribution < 1.29 is 14.3 Å². The monoisotopic (exact) mass is 370 g/mol. The zero-order valence-electron chi connectivity index (χ0n) is 15.7. The fraction of sp³-hybridized carbons (Fsp3) is 0.650. The van der Waals surface area contributed by atoms with E-state index in [1.807, 2.05) is 4.90 Å². The predicted octanol–water partition coefficient (Wildman–Crippen LogP) is 1.75. The Morgan fingerprint density at radius 3 is 2.93 bits per heavy atom. The van der Waals surface area contributed by atoms with Gasteiger partial charge >= 0.3 is 0 Å². The maximum Gasteiger partial charge on any atom is 0.262 e. The summed E-state index contributed by atoms with van der Waals surface area (Å²) in [4.78, 5) is 33.0. The maximum absolute atomic E-state index is 12.9. The molecule has 4 aliphatic rings. The molecule has 144 valence electrons. The van der Waals surface area contributed by atoms with Crippen molar-refractivity contribution >= 4 is 17.5 Å². The molecule has 5 rings (SSSR count). The Labute approximate surface area is 159 Å². The smallest absolute Gasteiger partial charge is 0.262 e. The average Bonchev–Trinajstić information content (AvgIpc) is 3.59. The largest absolute Gasteiger partial charge is 0.466 e. The van der Waals surface area contributed by atoms with E-state index < -0.39 is 0 Å². The standard InChI is InChI=1S/C20H26N4O3/c1-23(15-2-3-15)11-14-9-20(14)4-6-24(7-5-20)19(26)13-8-16-18(21-10-13)27-12-17(25)22-16/h8,10,14-15H,2-7,9,11-12H2,1H3,(H,22,25). The van der Waals surface area contributed by atoms with Crippen LogP contribution in [-0.2, 0) is 4.79 Å². The molecule has 2 aliphatic carbocycles. The topological polar surface area (TPSA) is 74.8 Å². The number of likely N-dealkylation sites (tertiary alicyclic amines) is 1. The Bertz CT molecular complexity index is 783. The van der Waals surface area contributed by atoms with Gasteiger partial charge in [-0.05, 0) is 56.6 Å². The molecule has 2 aliphatic heterocycles. The normalized spacial score (nSPS) is 25.8. The Morgan fingerprint density at radius 2 is 2.19 bits per heavy atom. The highest BCUT2D eigenvalue weighted by atomic mass is 16.5. The fourth-order valence-corrected chi connectivity index (χ4v) is 4.75. The SMILES string of the molecule is CN(CC1CC12CCN(C(=O)c1cnc3c(c1)NC(=O)CO3)CC2)C1CC1. The van der Waals surface area contributed by atoms with Crippen LogP contribution in [0.4, 0.5) is 5.69 Å². The van der Waals surface area contributed by atoms with Gasteiger partial charge in [-0.2, -0.15) is 0 Å². The third-order valence-electron chi connectivity index (χ3n) is 6.80. The number of hydrogen-bond acceptors (Lipinski definition) is 5. The number of aromatic nitrogens is 1. The van der Waals surface area contributed by atoms with Crippen LogP contribution in [0.2, 0.25) is 0 Å². The summed E-state index contributed by atoms with van der Waals surface area (Å²) in [5.74, 6) is 0.958. The molecule has 1 aromatic rings. The number of carbonyl (C=O) groups excluding carboxylic acids is 2. The van der Waals surface area contributed by atoms with Crippen molar-refractivity contribution in [1.29, 1.82) is 0 Å². The minimum atomic E-state index is -0.218. The van der Waals surface area contributed by atoms with Crippen LogP contribution < -0.4 is 10.1 Å². The first kappa shape index (κ1) is 17.0. The van der Waals surface area contributed by atoms with Crippen molar-refractivity contribution in [2.24, 2.45) is 11.3 Å². The van der Waals surface area contributed by atoms with Crippen LogP contribution in [0.3, 0.4) is 0 Å². The molecule has 0 bridgehead atoms. The molecule has 2 saturated carbocycles. The van der Waals surface area contributed by atoms with Crippen LogP contribution in [0.15, 0.2) is 12.3 Å². The van der Waals surface area contributed by atoms with Gasteiger partial charge in [-0.25, -0.2) is 4.98 Å². The third kappa shape index (κ3) is 3.18. The van der Waals surface area contributed by atoms with E-state index >= 15 is 0 Å². The number of carbonyl (C=O) groups is 2. The van der Waals surface area contributed by atoms with Crippen LogP contribution >= 0.6 is 0 Å². The van der Waals surface area contributed by atoms with Crippen LogP contribution in [0.5, 0.6) is 5.88 Å². The fourth-order valence-electron chi connectivity index (χ4n) is 4.75. The third-order valence-corrected chi connectivity index (χ3v) is 6.80. The lowest BCUT2D eigenvalue weighted by Crippen LogP contribution is -2.40. The molecule has 1 N–H and O–H groups in total. The number of anilines is 1. The first-order valence-corrected chi connectivity index (χ1v) is 9.96. The zero-order chi connectivity index (χ0) is 18.6. The second kappa shape index (κ2) is 6.19. The van der Waals surface area contributed by atoms with Crippen molar-refractivity contribution in [2.45, 2.75) is 38.1 Å². The van der Waals surface area contributed by atoms with Crippen molar-refractivity contribution in [3.8, 4) is 5.88 Å². The summed E-state index contributed by atoms with van der Waals surface area (Å²) in [5, 5.41) is 2.72. The van der Waals surface area contributed by atoms with Crippen molar-refractivity contribution in [2.75, 3.05) is 38.6 Å². The molecule has 1 aromatic heterocycles. The van der Waals surface area contributed by atoms with Gasteiger partial charge in [0.2, 0.25) is 5.88 Å². The van der Waals surface area contributed by atoms with Gasteiger partial charge in [0.15, 0.2) is 6.61 Å². The predicted molar refractivity (Wildman–Crippen MR) is 99.7 cm³/mol. The summed E-state index contributed by atoms with van der Waals surface area (Å²) in [6.07, 6.45) is 7.78. The first-order valence-electron chi connectivity index (χ1n) is 9.96. The molecule has 2 amide bonds. The minimum absolute atomic E-state index is 0.00716. The van der Waals surface area contributed by atoms with Crippen LogP contribution in [-0.4, -0.2) is 65.9 Å². The summed E-state index contributed by atoms with van der Waals surface area (Å²) in [6, 6.07) is 2.50. The molecule has 7 nitrogen and oxygen atoms in total. The molecule has 1 saturated heterocycles. The number of rotatable bonds is 4. The van der Waals surface area contributed by atoms with Crippen molar-refractivity contribution in [1.82, 2.24) is 14.8 Å². The highest BCUT2D eigenvalue weighted by molar-refractivity contribution is 5.99. The molecule has 27 heavy (non-hydrogen) atoms. The lowest BCUT2D eigenvalue weighted by Gasteiger charge is -2.33. The van der Waals surface area contributed by atoms with Crippen LogP contribution in [0.25, 0.3) is 0 Å². The quantitative estimate of drug-likeness (QED) is 0.874. The van der Waals surface area contributed by atoms with E-state index in [2.05, 4.69) is 22.2 Å². The van der Waals surface area contributed by atoms with Gasteiger partial charge in [0.05, 0.1) is 5.56 Å². The second-order valence-electron chi connectivity index (χ2n) is 8.64. The van der Waals surface area contributed by atoms with E-state index in [1.165, 1.54) is 25.8 Å². The molecule has 3 heterocycles. The Balaban J connectivity index is 1.19. The van der Waals surface area contributed by atoms with E-state index in [1.54, 1.807) is 12.3 Å². The van der Waals surface area contributed by atoms with Crippen LogP contribution in [0.1, 0.15) is 42.5 Å². The molecule has 1 spiro atoms. The van der Waals surface area contributed by atoms with E-state index in [0.717, 1.165) is 37.9 Å². The van der Waals surface area contributed by atoms with E-state index in [0.29, 0.717) is 22.5 Å². The van der Waals surface area contributed by atoms with Crippen LogP contribution in [0, 0.1) is 11.3 Å². The van der Waals surface area contributed by atoms with Gasteiger partial charge in [0.1, 0.15) is 5.69 Å². The molecule has 3 fully saturated rings. The number of nitrogens with one attached hydrogen (secondary N) is 1. The van der Waals surface area contributed by atoms with E-state index in [4.69, 9.17) is 4.74 Å². The maximum atomic E-state index is 12.9. The molecule has 0 aromatic carbocycles. The molecular weight excluding hydrogens is 344 g/mol. The molecular formula is C20H26N4O3. The number of nitrogens with zero attached hydrogens (tertiary/aromatic N) is 3. The second-order valence-corrected chi connectivity index (χ2v) is 8.64. The number of fused-ring (bicyclic) bond motifs is 1. The van der Waals surface area contributed by atoms with Gasteiger partial charge < -0.3 is 19.9 Å². The number of amides is 2. The highest BCUT2D eigenvalue weighted by Gasteiger charge is 2.55. The lowest BCUT2D eigenvalue weighted by molar-refractivity contribution is -0.118. The van der Waals surface area contributed by atoms with E-state index in [-0.39, 0.29) is 18.4 Å². The summed E-state index contributed by atoms with van der Waals surface area (Å²) >= 11 is 0. The molecule has 1 atom stereocenters.